The SMILES string of the molecule is CC(C)c1cccc(OCC(=O)N(C)CC(N)=O)c1. The van der Waals surface area contributed by atoms with Crippen molar-refractivity contribution in [2.45, 2.75) is 19.8 Å². The molecule has 104 valence electrons. The second kappa shape index (κ2) is 6.78. The van der Waals surface area contributed by atoms with Crippen LogP contribution >= 0.6 is 0 Å². The summed E-state index contributed by atoms with van der Waals surface area (Å²) in [7, 11) is 1.51. The molecule has 5 nitrogen and oxygen atoms in total. The molecule has 0 fully saturated rings. The molecule has 0 atom stereocenters. The van der Waals surface area contributed by atoms with Crippen LogP contribution in [-0.2, 0) is 9.59 Å². The molecule has 2 N–H and O–H groups in total. The maximum atomic E-state index is 11.7. The summed E-state index contributed by atoms with van der Waals surface area (Å²) in [5, 5.41) is 0. The molecule has 1 aromatic carbocycles. The van der Waals surface area contributed by atoms with Crippen molar-refractivity contribution in [3.63, 3.8) is 0 Å². The lowest BCUT2D eigenvalue weighted by molar-refractivity contribution is -0.135. The maximum absolute atomic E-state index is 11.7. The van der Waals surface area contributed by atoms with Gasteiger partial charge in [-0.05, 0) is 23.6 Å². The van der Waals surface area contributed by atoms with Crippen LogP contribution in [0.2, 0.25) is 0 Å². The molecule has 0 saturated carbocycles. The first-order valence-electron chi connectivity index (χ1n) is 6.15. The number of nitrogens with zero attached hydrogens (tertiary/aromatic N) is 1. The molecule has 0 aliphatic heterocycles. The van der Waals surface area contributed by atoms with Crippen LogP contribution in [0.4, 0.5) is 0 Å². The summed E-state index contributed by atoms with van der Waals surface area (Å²) in [4.78, 5) is 23.6. The van der Waals surface area contributed by atoms with Gasteiger partial charge in [-0.25, -0.2) is 0 Å². The van der Waals surface area contributed by atoms with Gasteiger partial charge in [0.1, 0.15) is 5.75 Å². The molecule has 1 rings (SSSR count). The fourth-order valence-electron chi connectivity index (χ4n) is 1.54. The van der Waals surface area contributed by atoms with Crippen LogP contribution in [0.15, 0.2) is 24.3 Å². The Morgan fingerprint density at radius 2 is 2.05 bits per heavy atom. The van der Waals surface area contributed by atoms with Gasteiger partial charge in [-0.15, -0.1) is 0 Å². The van der Waals surface area contributed by atoms with Crippen molar-refractivity contribution < 1.29 is 14.3 Å². The highest BCUT2D eigenvalue weighted by atomic mass is 16.5. The fraction of sp³-hybridized carbons (Fsp3) is 0.429. The van der Waals surface area contributed by atoms with E-state index >= 15 is 0 Å². The van der Waals surface area contributed by atoms with Crippen molar-refractivity contribution in [3.8, 4) is 5.75 Å². The largest absolute Gasteiger partial charge is 0.484 e. The number of likely N-dealkylation sites (N-methyl/N-ethyl adjacent to an activating group) is 1. The number of hydrogen-bond donors (Lipinski definition) is 1. The number of amides is 2. The predicted molar refractivity (Wildman–Crippen MR) is 72.9 cm³/mol. The van der Waals surface area contributed by atoms with Crippen LogP contribution in [0.25, 0.3) is 0 Å². The second-order valence-electron chi connectivity index (χ2n) is 4.73. The Morgan fingerprint density at radius 3 is 2.63 bits per heavy atom. The van der Waals surface area contributed by atoms with Gasteiger partial charge < -0.3 is 15.4 Å². The van der Waals surface area contributed by atoms with Gasteiger partial charge in [-0.3, -0.25) is 9.59 Å². The Labute approximate surface area is 113 Å². The average molecular weight is 264 g/mol. The minimum atomic E-state index is -0.544. The van der Waals surface area contributed by atoms with Gasteiger partial charge in [0.05, 0.1) is 6.54 Å². The van der Waals surface area contributed by atoms with E-state index in [1.165, 1.54) is 11.9 Å². The van der Waals surface area contributed by atoms with Crippen LogP contribution in [0.5, 0.6) is 5.75 Å². The zero-order valence-electron chi connectivity index (χ0n) is 11.6. The second-order valence-corrected chi connectivity index (χ2v) is 4.73. The molecule has 2 amide bonds. The van der Waals surface area contributed by atoms with Crippen LogP contribution in [0.1, 0.15) is 25.3 Å². The van der Waals surface area contributed by atoms with Gasteiger partial charge in [0.2, 0.25) is 5.91 Å². The van der Waals surface area contributed by atoms with Crippen molar-refractivity contribution >= 4 is 11.8 Å². The van der Waals surface area contributed by atoms with E-state index in [-0.39, 0.29) is 19.1 Å². The summed E-state index contributed by atoms with van der Waals surface area (Å²) in [6, 6.07) is 7.61. The Morgan fingerprint density at radius 1 is 1.37 bits per heavy atom. The molecule has 0 bridgehead atoms. The van der Waals surface area contributed by atoms with Gasteiger partial charge in [0.25, 0.3) is 5.91 Å². The lowest BCUT2D eigenvalue weighted by atomic mass is 10.0. The zero-order valence-corrected chi connectivity index (χ0v) is 11.6. The molecular formula is C14H20N2O3. The molecule has 19 heavy (non-hydrogen) atoms. The fourth-order valence-corrected chi connectivity index (χ4v) is 1.54. The molecule has 5 heteroatoms. The minimum absolute atomic E-state index is 0.103. The van der Waals surface area contributed by atoms with E-state index in [0.29, 0.717) is 11.7 Å². The van der Waals surface area contributed by atoms with E-state index in [0.717, 1.165) is 5.56 Å². The van der Waals surface area contributed by atoms with Crippen LogP contribution < -0.4 is 10.5 Å². The van der Waals surface area contributed by atoms with Crippen molar-refractivity contribution in [2.24, 2.45) is 5.73 Å². The Hall–Kier alpha value is -2.04. The Kier molecular flexibility index (Phi) is 5.36. The molecule has 0 aliphatic rings. The van der Waals surface area contributed by atoms with Crippen molar-refractivity contribution in [2.75, 3.05) is 20.2 Å². The summed E-state index contributed by atoms with van der Waals surface area (Å²) in [6.07, 6.45) is 0. The van der Waals surface area contributed by atoms with Crippen molar-refractivity contribution in [1.82, 2.24) is 4.90 Å². The number of hydrogen-bond acceptors (Lipinski definition) is 3. The highest BCUT2D eigenvalue weighted by Crippen LogP contribution is 2.19. The number of carbonyl (C=O) groups excluding carboxylic acids is 2. The van der Waals surface area contributed by atoms with Crippen molar-refractivity contribution in [1.29, 1.82) is 0 Å². The third-order valence-electron chi connectivity index (χ3n) is 2.71. The number of nitrogens with two attached hydrogens (primary N) is 1. The standard InChI is InChI=1S/C14H20N2O3/c1-10(2)11-5-4-6-12(7-11)19-9-14(18)16(3)8-13(15)17/h4-7,10H,8-9H2,1-3H3,(H2,15,17). The maximum Gasteiger partial charge on any atom is 0.260 e. The van der Waals surface area contributed by atoms with Gasteiger partial charge in [-0.2, -0.15) is 0 Å². The van der Waals surface area contributed by atoms with E-state index in [4.69, 9.17) is 10.5 Å². The molecule has 0 radical (unpaired) electrons. The lowest BCUT2D eigenvalue weighted by Gasteiger charge is -2.16. The number of rotatable bonds is 6. The van der Waals surface area contributed by atoms with E-state index in [9.17, 15) is 9.59 Å². The Bertz CT molecular complexity index is 458. The Balaban J connectivity index is 2.54. The highest BCUT2D eigenvalue weighted by Gasteiger charge is 2.11. The van der Waals surface area contributed by atoms with E-state index in [1.54, 1.807) is 6.07 Å². The quantitative estimate of drug-likeness (QED) is 0.837. The van der Waals surface area contributed by atoms with Crippen LogP contribution in [-0.4, -0.2) is 36.9 Å². The summed E-state index contributed by atoms with van der Waals surface area (Å²) in [6.45, 7) is 3.97. The third kappa shape index (κ3) is 4.99. The van der Waals surface area contributed by atoms with Gasteiger partial charge in [0.15, 0.2) is 6.61 Å². The summed E-state index contributed by atoms with van der Waals surface area (Å²) in [5.41, 5.74) is 6.17. The number of ether oxygens (including phenoxy) is 1. The lowest BCUT2D eigenvalue weighted by Crippen LogP contribution is -2.38. The first-order valence-corrected chi connectivity index (χ1v) is 6.15. The predicted octanol–water partition coefficient (Wildman–Crippen LogP) is 1.13. The monoisotopic (exact) mass is 264 g/mol. The van der Waals surface area contributed by atoms with Gasteiger partial charge in [0, 0.05) is 7.05 Å². The first kappa shape index (κ1) is 15.0. The van der Waals surface area contributed by atoms with Crippen LogP contribution in [0, 0.1) is 0 Å². The summed E-state index contributed by atoms with van der Waals surface area (Å²) >= 11 is 0. The molecule has 0 spiro atoms. The average Bonchev–Trinajstić information content (AvgIpc) is 2.35. The summed E-state index contributed by atoms with van der Waals surface area (Å²) in [5.74, 6) is 0.218. The van der Waals surface area contributed by atoms with Crippen LogP contribution in [0.3, 0.4) is 0 Å². The van der Waals surface area contributed by atoms with Gasteiger partial charge in [-0.1, -0.05) is 26.0 Å². The number of primary amides is 1. The molecule has 0 aliphatic carbocycles. The minimum Gasteiger partial charge on any atom is -0.484 e. The zero-order chi connectivity index (χ0) is 14.4. The third-order valence-corrected chi connectivity index (χ3v) is 2.71. The molecule has 1 aromatic rings. The molecule has 0 unspecified atom stereocenters. The first-order chi connectivity index (χ1) is 8.90. The van der Waals surface area contributed by atoms with Gasteiger partial charge >= 0.3 is 0 Å². The number of benzene rings is 1. The number of carbonyl (C=O) groups is 2. The molecule has 0 aromatic heterocycles. The highest BCUT2D eigenvalue weighted by molar-refractivity contribution is 5.84. The molecule has 0 saturated heterocycles. The molecular weight excluding hydrogens is 244 g/mol. The van der Waals surface area contributed by atoms with Crippen molar-refractivity contribution in [3.05, 3.63) is 29.8 Å². The normalized spacial score (nSPS) is 10.3. The molecule has 0 heterocycles. The summed E-state index contributed by atoms with van der Waals surface area (Å²) < 4.78 is 5.42. The smallest absolute Gasteiger partial charge is 0.260 e. The van der Waals surface area contributed by atoms with E-state index in [1.807, 2.05) is 18.2 Å². The topological polar surface area (TPSA) is 72.6 Å². The van der Waals surface area contributed by atoms with E-state index in [2.05, 4.69) is 13.8 Å². The van der Waals surface area contributed by atoms with E-state index < -0.39 is 5.91 Å².